The lowest BCUT2D eigenvalue weighted by molar-refractivity contribution is 0.606. The van der Waals surface area contributed by atoms with Gasteiger partial charge >= 0.3 is 0 Å². The monoisotopic (exact) mass is 242 g/mol. The van der Waals surface area contributed by atoms with Crippen molar-refractivity contribution in [3.8, 4) is 0 Å². The molecule has 0 aliphatic heterocycles. The van der Waals surface area contributed by atoms with Crippen LogP contribution in [-0.2, 0) is 9.05 Å². The first kappa shape index (κ1) is 10.8. The molecule has 1 aromatic rings. The molecule has 0 heterocycles. The van der Waals surface area contributed by atoms with E-state index in [4.69, 9.17) is 22.3 Å². The standard InChI is InChI=1S/C7H5Cl2FO2S/c8-7(13(9,11)12)5-2-1-3-6(10)4-5/h1-4,7H. The third-order valence-electron chi connectivity index (χ3n) is 1.36. The summed E-state index contributed by atoms with van der Waals surface area (Å²) in [7, 11) is 1.09. The maximum Gasteiger partial charge on any atom is 0.253 e. The van der Waals surface area contributed by atoms with Crippen LogP contribution < -0.4 is 0 Å². The van der Waals surface area contributed by atoms with Gasteiger partial charge in [0.15, 0.2) is 4.71 Å². The Morgan fingerprint density at radius 1 is 1.38 bits per heavy atom. The second-order valence-electron chi connectivity index (χ2n) is 2.35. The highest BCUT2D eigenvalue weighted by Crippen LogP contribution is 2.29. The van der Waals surface area contributed by atoms with Gasteiger partial charge in [-0.1, -0.05) is 23.7 Å². The van der Waals surface area contributed by atoms with E-state index in [-0.39, 0.29) is 5.56 Å². The molecule has 0 N–H and O–H groups in total. The van der Waals surface area contributed by atoms with E-state index in [9.17, 15) is 12.8 Å². The lowest BCUT2D eigenvalue weighted by Gasteiger charge is -2.04. The Morgan fingerprint density at radius 2 is 2.00 bits per heavy atom. The van der Waals surface area contributed by atoms with Gasteiger partial charge < -0.3 is 0 Å². The van der Waals surface area contributed by atoms with Crippen LogP contribution in [0.5, 0.6) is 0 Å². The predicted octanol–water partition coefficient (Wildman–Crippen LogP) is 2.63. The summed E-state index contributed by atoms with van der Waals surface area (Å²) in [5, 5.41) is 0. The van der Waals surface area contributed by atoms with Crippen molar-refractivity contribution < 1.29 is 12.8 Å². The number of halogens is 3. The van der Waals surface area contributed by atoms with Gasteiger partial charge in [0.25, 0.3) is 9.05 Å². The normalized spacial score (nSPS) is 14.1. The molecule has 1 aromatic carbocycles. The fourth-order valence-electron chi connectivity index (χ4n) is 0.810. The molecule has 0 saturated heterocycles. The first-order valence-electron chi connectivity index (χ1n) is 3.24. The number of benzene rings is 1. The largest absolute Gasteiger partial charge is 0.253 e. The topological polar surface area (TPSA) is 34.1 Å². The minimum absolute atomic E-state index is 0.122. The Hall–Kier alpha value is -0.320. The van der Waals surface area contributed by atoms with Crippen LogP contribution in [0.25, 0.3) is 0 Å². The van der Waals surface area contributed by atoms with Crippen LogP contribution in [0.1, 0.15) is 10.3 Å². The van der Waals surface area contributed by atoms with Gasteiger partial charge in [-0.25, -0.2) is 12.8 Å². The Balaban J connectivity index is 3.10. The van der Waals surface area contributed by atoms with E-state index in [0.29, 0.717) is 0 Å². The summed E-state index contributed by atoms with van der Waals surface area (Å²) in [6, 6.07) is 4.97. The van der Waals surface area contributed by atoms with E-state index in [0.717, 1.165) is 6.07 Å². The number of hydrogen-bond acceptors (Lipinski definition) is 2. The Kier molecular flexibility index (Phi) is 3.16. The minimum atomic E-state index is -3.90. The van der Waals surface area contributed by atoms with Gasteiger partial charge in [0.2, 0.25) is 0 Å². The van der Waals surface area contributed by atoms with E-state index in [1.165, 1.54) is 18.2 Å². The van der Waals surface area contributed by atoms with E-state index >= 15 is 0 Å². The molecule has 0 spiro atoms. The van der Waals surface area contributed by atoms with Crippen molar-refractivity contribution in [2.24, 2.45) is 0 Å². The lowest BCUT2D eigenvalue weighted by atomic mass is 10.2. The molecule has 0 amide bonds. The third-order valence-corrected chi connectivity index (χ3v) is 3.89. The maximum absolute atomic E-state index is 12.6. The second-order valence-corrected chi connectivity index (χ2v) is 5.75. The first-order chi connectivity index (χ1) is 5.91. The lowest BCUT2D eigenvalue weighted by Crippen LogP contribution is -2.00. The Bertz CT molecular complexity index is 405. The van der Waals surface area contributed by atoms with E-state index < -0.39 is 19.6 Å². The molecule has 0 saturated carbocycles. The molecule has 0 aromatic heterocycles. The fraction of sp³-hybridized carbons (Fsp3) is 0.143. The predicted molar refractivity (Wildman–Crippen MR) is 49.8 cm³/mol. The molecule has 0 radical (unpaired) electrons. The Morgan fingerprint density at radius 3 is 2.46 bits per heavy atom. The van der Waals surface area contributed by atoms with Crippen LogP contribution in [0.4, 0.5) is 4.39 Å². The van der Waals surface area contributed by atoms with Crippen molar-refractivity contribution >= 4 is 31.3 Å². The fourth-order valence-corrected chi connectivity index (χ4v) is 1.73. The van der Waals surface area contributed by atoms with E-state index in [1.54, 1.807) is 0 Å². The summed E-state index contributed by atoms with van der Waals surface area (Å²) in [6.45, 7) is 0. The zero-order valence-electron chi connectivity index (χ0n) is 6.25. The second kappa shape index (κ2) is 3.82. The van der Waals surface area contributed by atoms with E-state index in [2.05, 4.69) is 0 Å². The molecule has 6 heteroatoms. The quantitative estimate of drug-likeness (QED) is 0.591. The summed E-state index contributed by atoms with van der Waals surface area (Å²) in [5.74, 6) is -0.552. The Labute approximate surface area is 84.7 Å². The number of hydrogen-bond donors (Lipinski definition) is 0. The molecule has 13 heavy (non-hydrogen) atoms. The van der Waals surface area contributed by atoms with Crippen molar-refractivity contribution in [2.75, 3.05) is 0 Å². The molecule has 0 bridgehead atoms. The molecule has 1 atom stereocenters. The smallest absolute Gasteiger partial charge is 0.210 e. The summed E-state index contributed by atoms with van der Waals surface area (Å²) < 4.78 is 32.7. The minimum Gasteiger partial charge on any atom is -0.210 e. The zero-order chi connectivity index (χ0) is 10.1. The van der Waals surface area contributed by atoms with Crippen molar-refractivity contribution in [2.45, 2.75) is 4.71 Å². The SMILES string of the molecule is O=S(=O)(Cl)C(Cl)c1cccc(F)c1. The molecular formula is C7H5Cl2FO2S. The number of rotatable bonds is 2. The van der Waals surface area contributed by atoms with Crippen molar-refractivity contribution in [1.82, 2.24) is 0 Å². The van der Waals surface area contributed by atoms with E-state index in [1.807, 2.05) is 0 Å². The van der Waals surface area contributed by atoms with Crippen LogP contribution in [0.3, 0.4) is 0 Å². The molecule has 72 valence electrons. The molecule has 2 nitrogen and oxygen atoms in total. The van der Waals surface area contributed by atoms with Gasteiger partial charge in [-0.15, -0.1) is 0 Å². The van der Waals surface area contributed by atoms with Crippen LogP contribution in [-0.4, -0.2) is 8.42 Å². The van der Waals surface area contributed by atoms with Crippen molar-refractivity contribution in [3.05, 3.63) is 35.6 Å². The third kappa shape index (κ3) is 2.83. The van der Waals surface area contributed by atoms with Gasteiger partial charge in [-0.05, 0) is 17.7 Å². The zero-order valence-corrected chi connectivity index (χ0v) is 8.57. The van der Waals surface area contributed by atoms with Gasteiger partial charge in [0.05, 0.1) is 0 Å². The van der Waals surface area contributed by atoms with Gasteiger partial charge in [-0.3, -0.25) is 0 Å². The molecule has 0 aliphatic carbocycles. The summed E-state index contributed by atoms with van der Waals surface area (Å²) >= 11 is 5.47. The van der Waals surface area contributed by atoms with Crippen molar-refractivity contribution in [3.63, 3.8) is 0 Å². The summed E-state index contributed by atoms with van der Waals surface area (Å²) in [6.07, 6.45) is 0. The summed E-state index contributed by atoms with van der Waals surface area (Å²) in [4.78, 5) is 0. The van der Waals surface area contributed by atoms with Crippen molar-refractivity contribution in [1.29, 1.82) is 0 Å². The average Bonchev–Trinajstić information content (AvgIpc) is 2.01. The van der Waals surface area contributed by atoms with Gasteiger partial charge in [0.1, 0.15) is 5.82 Å². The highest BCUT2D eigenvalue weighted by Gasteiger charge is 2.22. The molecule has 1 unspecified atom stereocenters. The highest BCUT2D eigenvalue weighted by molar-refractivity contribution is 8.14. The average molecular weight is 243 g/mol. The highest BCUT2D eigenvalue weighted by atomic mass is 35.7. The van der Waals surface area contributed by atoms with Crippen LogP contribution in [0.15, 0.2) is 24.3 Å². The van der Waals surface area contributed by atoms with Crippen LogP contribution in [0.2, 0.25) is 0 Å². The summed E-state index contributed by atoms with van der Waals surface area (Å²) in [5.41, 5.74) is 0.122. The van der Waals surface area contributed by atoms with Gasteiger partial charge in [0, 0.05) is 10.7 Å². The molecule has 0 aliphatic rings. The molecule has 1 rings (SSSR count). The maximum atomic E-state index is 12.6. The molecule has 0 fully saturated rings. The van der Waals surface area contributed by atoms with Gasteiger partial charge in [-0.2, -0.15) is 0 Å². The van der Waals surface area contributed by atoms with Crippen LogP contribution >= 0.6 is 22.3 Å². The van der Waals surface area contributed by atoms with Crippen LogP contribution in [0, 0.1) is 5.82 Å². The first-order valence-corrected chi connectivity index (χ1v) is 6.05. The molecular weight excluding hydrogens is 238 g/mol. The number of alkyl halides is 1.